The summed E-state index contributed by atoms with van der Waals surface area (Å²) in [6, 6.07) is 0. The van der Waals surface area contributed by atoms with Crippen LogP contribution in [0.4, 0.5) is 0 Å². The van der Waals surface area contributed by atoms with Gasteiger partial charge in [-0.25, -0.2) is 0 Å². The second-order valence-corrected chi connectivity index (χ2v) is 4.75. The average molecular weight is 173 g/mol. The molecule has 0 radical (unpaired) electrons. The Kier molecular flexibility index (Phi) is 3.27. The lowest BCUT2D eigenvalue weighted by atomic mass is 9.95. The highest BCUT2D eigenvalue weighted by molar-refractivity contribution is 5.81. The number of carbonyl (C=O) groups excluding carboxylic acids is 1. The van der Waals surface area contributed by atoms with Gasteiger partial charge in [-0.15, -0.1) is 0 Å². The molecule has 0 aromatic carbocycles. The normalized spacial score (nSPS) is 12.8. The number of rotatable bonds is 2. The van der Waals surface area contributed by atoms with Crippen LogP contribution in [0, 0.1) is 5.41 Å². The predicted octanol–water partition coefficient (Wildman–Crippen LogP) is 0.920. The van der Waals surface area contributed by atoms with Crippen molar-refractivity contribution in [3.05, 3.63) is 0 Å². The van der Waals surface area contributed by atoms with Gasteiger partial charge in [0.2, 0.25) is 5.91 Å². The molecule has 3 heteroatoms. The van der Waals surface area contributed by atoms with Gasteiger partial charge in [-0.2, -0.15) is 0 Å². The number of hydrogen-bond acceptors (Lipinski definition) is 2. The fraction of sp³-hybridized carbons (Fsp3) is 0.889. The smallest absolute Gasteiger partial charge is 0.225 e. The molecule has 0 rings (SSSR count). The van der Waals surface area contributed by atoms with E-state index in [-0.39, 0.29) is 11.3 Å². The molecule has 3 nitrogen and oxygen atoms in total. The van der Waals surface area contributed by atoms with E-state index in [0.29, 0.717) is 6.54 Å². The van der Waals surface area contributed by atoms with Gasteiger partial charge in [0.15, 0.2) is 0 Å². The number of nitrogens with one attached hydrogen (secondary N) is 1. The van der Waals surface area contributed by atoms with Crippen LogP contribution in [0.25, 0.3) is 0 Å². The highest BCUT2D eigenvalue weighted by Gasteiger charge is 2.23. The quantitative estimate of drug-likeness (QED) is 0.652. The summed E-state index contributed by atoms with van der Waals surface area (Å²) < 4.78 is 0. The molecular formula is C9H19NO2. The molecule has 2 N–H and O–H groups in total. The summed E-state index contributed by atoms with van der Waals surface area (Å²) in [6.07, 6.45) is 0. The minimum absolute atomic E-state index is 0.0374. The first-order chi connectivity index (χ1) is 5.13. The van der Waals surface area contributed by atoms with Gasteiger partial charge < -0.3 is 10.4 Å². The molecule has 12 heavy (non-hydrogen) atoms. The number of amides is 1. The minimum atomic E-state index is -0.832. The van der Waals surface area contributed by atoms with E-state index in [1.54, 1.807) is 13.8 Å². The third-order valence-corrected chi connectivity index (χ3v) is 1.36. The van der Waals surface area contributed by atoms with E-state index in [1.807, 2.05) is 20.8 Å². The first kappa shape index (κ1) is 11.4. The fourth-order valence-corrected chi connectivity index (χ4v) is 0.562. The van der Waals surface area contributed by atoms with Crippen LogP contribution in [0.15, 0.2) is 0 Å². The van der Waals surface area contributed by atoms with E-state index >= 15 is 0 Å². The lowest BCUT2D eigenvalue weighted by molar-refractivity contribution is -0.129. The van der Waals surface area contributed by atoms with E-state index in [4.69, 9.17) is 0 Å². The van der Waals surface area contributed by atoms with Crippen molar-refractivity contribution >= 4 is 5.91 Å². The summed E-state index contributed by atoms with van der Waals surface area (Å²) in [4.78, 5) is 11.3. The SMILES string of the molecule is CC(C)(O)CNC(=O)C(C)(C)C. The molecule has 1 amide bonds. The maximum absolute atomic E-state index is 11.3. The highest BCUT2D eigenvalue weighted by atomic mass is 16.3. The van der Waals surface area contributed by atoms with Crippen molar-refractivity contribution in [2.75, 3.05) is 6.54 Å². The molecule has 0 bridgehead atoms. The Hall–Kier alpha value is -0.570. The van der Waals surface area contributed by atoms with Gasteiger partial charge in [0, 0.05) is 12.0 Å². The summed E-state index contributed by atoms with van der Waals surface area (Å²) in [5.74, 6) is -0.0374. The molecular weight excluding hydrogens is 154 g/mol. The van der Waals surface area contributed by atoms with Crippen LogP contribution in [0.1, 0.15) is 34.6 Å². The van der Waals surface area contributed by atoms with Crippen molar-refractivity contribution in [1.29, 1.82) is 0 Å². The molecule has 72 valence electrons. The fourth-order valence-electron chi connectivity index (χ4n) is 0.562. The average Bonchev–Trinajstić information content (AvgIpc) is 1.78. The Labute approximate surface area is 74.2 Å². The Balaban J connectivity index is 3.90. The summed E-state index contributed by atoms with van der Waals surface area (Å²) in [5.41, 5.74) is -1.22. The minimum Gasteiger partial charge on any atom is -0.389 e. The van der Waals surface area contributed by atoms with Crippen LogP contribution in [0.3, 0.4) is 0 Å². The van der Waals surface area contributed by atoms with Crippen molar-refractivity contribution in [2.24, 2.45) is 5.41 Å². The van der Waals surface area contributed by atoms with Crippen molar-refractivity contribution in [3.63, 3.8) is 0 Å². The van der Waals surface area contributed by atoms with Gasteiger partial charge in [-0.05, 0) is 13.8 Å². The van der Waals surface area contributed by atoms with Gasteiger partial charge in [0.05, 0.1) is 5.60 Å². The van der Waals surface area contributed by atoms with Crippen molar-refractivity contribution in [3.8, 4) is 0 Å². The topological polar surface area (TPSA) is 49.3 Å². The van der Waals surface area contributed by atoms with E-state index in [2.05, 4.69) is 5.32 Å². The van der Waals surface area contributed by atoms with Gasteiger partial charge in [-0.1, -0.05) is 20.8 Å². The summed E-state index contributed by atoms with van der Waals surface area (Å²) in [7, 11) is 0. The van der Waals surface area contributed by atoms with E-state index in [9.17, 15) is 9.90 Å². The van der Waals surface area contributed by atoms with Gasteiger partial charge in [0.25, 0.3) is 0 Å². The third kappa shape index (κ3) is 5.13. The van der Waals surface area contributed by atoms with Crippen LogP contribution in [0.2, 0.25) is 0 Å². The van der Waals surface area contributed by atoms with Crippen LogP contribution in [-0.4, -0.2) is 23.2 Å². The Bertz CT molecular complexity index is 162. The molecule has 0 aromatic heterocycles. The zero-order valence-corrected chi connectivity index (χ0v) is 8.56. The second kappa shape index (κ2) is 3.44. The van der Waals surface area contributed by atoms with Gasteiger partial charge in [0.1, 0.15) is 0 Å². The molecule has 0 heterocycles. The van der Waals surface area contributed by atoms with Crippen molar-refractivity contribution in [2.45, 2.75) is 40.2 Å². The summed E-state index contributed by atoms with van der Waals surface area (Å²) >= 11 is 0. The lowest BCUT2D eigenvalue weighted by Crippen LogP contribution is -2.43. The van der Waals surface area contributed by atoms with Crippen LogP contribution >= 0.6 is 0 Å². The van der Waals surface area contributed by atoms with Gasteiger partial charge >= 0.3 is 0 Å². The van der Waals surface area contributed by atoms with E-state index < -0.39 is 5.60 Å². The second-order valence-electron chi connectivity index (χ2n) is 4.75. The Morgan fingerprint density at radius 1 is 1.25 bits per heavy atom. The molecule has 0 spiro atoms. The maximum Gasteiger partial charge on any atom is 0.225 e. The maximum atomic E-state index is 11.3. The summed E-state index contributed by atoms with van der Waals surface area (Å²) in [6.45, 7) is 9.14. The number of carbonyl (C=O) groups is 1. The Morgan fingerprint density at radius 2 is 1.67 bits per heavy atom. The highest BCUT2D eigenvalue weighted by Crippen LogP contribution is 2.12. The third-order valence-electron chi connectivity index (χ3n) is 1.36. The zero-order chi connectivity index (χ0) is 9.99. The first-order valence-electron chi connectivity index (χ1n) is 4.13. The van der Waals surface area contributed by atoms with E-state index in [0.717, 1.165) is 0 Å². The van der Waals surface area contributed by atoms with Crippen LogP contribution < -0.4 is 5.32 Å². The molecule has 0 aliphatic heterocycles. The monoisotopic (exact) mass is 173 g/mol. The largest absolute Gasteiger partial charge is 0.389 e. The van der Waals surface area contributed by atoms with E-state index in [1.165, 1.54) is 0 Å². The molecule has 0 saturated carbocycles. The Morgan fingerprint density at radius 3 is 1.92 bits per heavy atom. The van der Waals surface area contributed by atoms with Crippen LogP contribution in [0.5, 0.6) is 0 Å². The van der Waals surface area contributed by atoms with Crippen molar-refractivity contribution < 1.29 is 9.90 Å². The van der Waals surface area contributed by atoms with Crippen LogP contribution in [-0.2, 0) is 4.79 Å². The van der Waals surface area contributed by atoms with Crippen molar-refractivity contribution in [1.82, 2.24) is 5.32 Å². The predicted molar refractivity (Wildman–Crippen MR) is 48.8 cm³/mol. The first-order valence-corrected chi connectivity index (χ1v) is 4.13. The van der Waals surface area contributed by atoms with Gasteiger partial charge in [-0.3, -0.25) is 4.79 Å². The molecule has 0 unspecified atom stereocenters. The summed E-state index contributed by atoms with van der Waals surface area (Å²) in [5, 5.41) is 12.0. The molecule has 0 atom stereocenters. The standard InChI is InChI=1S/C9H19NO2/c1-8(2,3)7(11)10-6-9(4,5)12/h12H,6H2,1-5H3,(H,10,11). The number of aliphatic hydroxyl groups is 1. The molecule has 0 saturated heterocycles. The molecule has 0 fully saturated rings. The number of hydrogen-bond donors (Lipinski definition) is 2. The molecule has 0 aliphatic rings. The molecule has 0 aliphatic carbocycles. The lowest BCUT2D eigenvalue weighted by Gasteiger charge is -2.22. The zero-order valence-electron chi connectivity index (χ0n) is 8.56. The molecule has 0 aromatic rings.